The van der Waals surface area contributed by atoms with Gasteiger partial charge in [0.05, 0.1) is 16.6 Å². The van der Waals surface area contributed by atoms with E-state index in [4.69, 9.17) is 20.8 Å². The van der Waals surface area contributed by atoms with Crippen LogP contribution in [-0.2, 0) is 11.3 Å². The molecule has 24 heavy (non-hydrogen) atoms. The van der Waals surface area contributed by atoms with Crippen molar-refractivity contribution in [1.82, 2.24) is 10.3 Å². The maximum atomic E-state index is 11.8. The lowest BCUT2D eigenvalue weighted by atomic mass is 10.3. The van der Waals surface area contributed by atoms with Crippen LogP contribution in [0.4, 0.5) is 0 Å². The van der Waals surface area contributed by atoms with Crippen LogP contribution in [0.25, 0.3) is 11.5 Å². The Hall–Kier alpha value is -2.31. The number of aryl methyl sites for hydroxylation is 1. The number of furan rings is 1. The summed E-state index contributed by atoms with van der Waals surface area (Å²) in [6.45, 7) is 2.12. The van der Waals surface area contributed by atoms with Gasteiger partial charge in [0.25, 0.3) is 5.91 Å². The summed E-state index contributed by atoms with van der Waals surface area (Å²) in [5.41, 5.74) is 0.803. The SMILES string of the molecule is Cc1nc(-c2ccc(CNC(=O)COc3ccccc3Cl)o2)cs1. The summed E-state index contributed by atoms with van der Waals surface area (Å²) in [5.74, 6) is 1.57. The van der Waals surface area contributed by atoms with Crippen molar-refractivity contribution in [2.75, 3.05) is 6.61 Å². The average molecular weight is 363 g/mol. The number of nitrogens with one attached hydrogen (secondary N) is 1. The topological polar surface area (TPSA) is 64.4 Å². The molecule has 0 radical (unpaired) electrons. The molecule has 2 aromatic heterocycles. The van der Waals surface area contributed by atoms with Crippen molar-refractivity contribution < 1.29 is 13.9 Å². The van der Waals surface area contributed by atoms with Gasteiger partial charge in [-0.2, -0.15) is 0 Å². The van der Waals surface area contributed by atoms with Gasteiger partial charge in [0, 0.05) is 5.38 Å². The largest absolute Gasteiger partial charge is 0.482 e. The first kappa shape index (κ1) is 16.5. The molecule has 0 fully saturated rings. The second-order valence-corrected chi connectivity index (χ2v) is 6.48. The highest BCUT2D eigenvalue weighted by atomic mass is 35.5. The number of para-hydroxylation sites is 1. The second-order valence-electron chi connectivity index (χ2n) is 5.01. The fraction of sp³-hybridized carbons (Fsp3) is 0.176. The minimum atomic E-state index is -0.252. The van der Waals surface area contributed by atoms with Crippen LogP contribution in [0.1, 0.15) is 10.8 Å². The zero-order chi connectivity index (χ0) is 16.9. The number of aromatic nitrogens is 1. The number of benzene rings is 1. The van der Waals surface area contributed by atoms with Gasteiger partial charge in [-0.3, -0.25) is 4.79 Å². The van der Waals surface area contributed by atoms with E-state index in [1.54, 1.807) is 35.6 Å². The van der Waals surface area contributed by atoms with Crippen molar-refractivity contribution in [1.29, 1.82) is 0 Å². The predicted octanol–water partition coefficient (Wildman–Crippen LogP) is 4.06. The van der Waals surface area contributed by atoms with Gasteiger partial charge in [-0.25, -0.2) is 4.98 Å². The van der Waals surface area contributed by atoms with Crippen LogP contribution in [0.5, 0.6) is 5.75 Å². The lowest BCUT2D eigenvalue weighted by Gasteiger charge is -2.07. The normalized spacial score (nSPS) is 10.6. The van der Waals surface area contributed by atoms with Crippen molar-refractivity contribution in [3.63, 3.8) is 0 Å². The molecule has 0 aliphatic rings. The Bertz CT molecular complexity index is 844. The molecule has 3 aromatic rings. The highest BCUT2D eigenvalue weighted by molar-refractivity contribution is 7.09. The van der Waals surface area contributed by atoms with Gasteiger partial charge >= 0.3 is 0 Å². The molecule has 7 heteroatoms. The number of rotatable bonds is 6. The maximum Gasteiger partial charge on any atom is 0.258 e. The van der Waals surface area contributed by atoms with Crippen molar-refractivity contribution in [2.45, 2.75) is 13.5 Å². The number of hydrogen-bond donors (Lipinski definition) is 1. The molecule has 1 amide bonds. The third-order valence-corrected chi connectivity index (χ3v) is 4.27. The van der Waals surface area contributed by atoms with Gasteiger partial charge in [0.2, 0.25) is 0 Å². The minimum absolute atomic E-state index is 0.109. The monoisotopic (exact) mass is 362 g/mol. The molecule has 1 aromatic carbocycles. The van der Waals surface area contributed by atoms with Crippen LogP contribution >= 0.6 is 22.9 Å². The molecule has 0 unspecified atom stereocenters. The zero-order valence-electron chi connectivity index (χ0n) is 12.9. The molecule has 1 N–H and O–H groups in total. The van der Waals surface area contributed by atoms with Crippen LogP contribution in [0.15, 0.2) is 46.2 Å². The quantitative estimate of drug-likeness (QED) is 0.718. The number of carbonyl (C=O) groups is 1. The van der Waals surface area contributed by atoms with E-state index in [2.05, 4.69) is 10.3 Å². The van der Waals surface area contributed by atoms with E-state index in [1.807, 2.05) is 24.4 Å². The Morgan fingerprint density at radius 2 is 2.17 bits per heavy atom. The molecule has 0 atom stereocenters. The Kier molecular flexibility index (Phi) is 5.17. The molecule has 0 aliphatic carbocycles. The zero-order valence-corrected chi connectivity index (χ0v) is 14.5. The molecule has 3 rings (SSSR count). The summed E-state index contributed by atoms with van der Waals surface area (Å²) in [5, 5.41) is 6.13. The summed E-state index contributed by atoms with van der Waals surface area (Å²) in [4.78, 5) is 16.2. The number of ether oxygens (including phenoxy) is 1. The van der Waals surface area contributed by atoms with Crippen molar-refractivity contribution in [3.05, 3.63) is 57.6 Å². The van der Waals surface area contributed by atoms with Gasteiger partial charge in [0.1, 0.15) is 17.2 Å². The molecule has 0 spiro atoms. The van der Waals surface area contributed by atoms with Crippen LogP contribution in [0.2, 0.25) is 5.02 Å². The maximum absolute atomic E-state index is 11.8. The molecule has 0 bridgehead atoms. The molecule has 124 valence electrons. The average Bonchev–Trinajstić information content (AvgIpc) is 3.21. The predicted molar refractivity (Wildman–Crippen MR) is 93.3 cm³/mol. The standard InChI is InChI=1S/C17H15ClN2O3S/c1-11-20-14(10-24-11)16-7-6-12(23-16)8-19-17(21)9-22-15-5-3-2-4-13(15)18/h2-7,10H,8-9H2,1H3,(H,19,21). The van der Waals surface area contributed by atoms with Gasteiger partial charge in [-0.15, -0.1) is 11.3 Å². The van der Waals surface area contributed by atoms with E-state index in [1.165, 1.54) is 0 Å². The second kappa shape index (κ2) is 7.51. The highest BCUT2D eigenvalue weighted by Crippen LogP contribution is 2.24. The highest BCUT2D eigenvalue weighted by Gasteiger charge is 2.10. The third-order valence-electron chi connectivity index (χ3n) is 3.19. The van der Waals surface area contributed by atoms with E-state index >= 15 is 0 Å². The first-order valence-electron chi connectivity index (χ1n) is 7.27. The van der Waals surface area contributed by atoms with Gasteiger partial charge in [0.15, 0.2) is 12.4 Å². The molecule has 5 nitrogen and oxygen atoms in total. The third kappa shape index (κ3) is 4.15. The lowest BCUT2D eigenvalue weighted by Crippen LogP contribution is -2.28. The van der Waals surface area contributed by atoms with E-state index in [-0.39, 0.29) is 19.1 Å². The number of carbonyl (C=O) groups excluding carboxylic acids is 1. The Morgan fingerprint density at radius 1 is 1.33 bits per heavy atom. The number of nitrogens with zero attached hydrogens (tertiary/aromatic N) is 1. The Morgan fingerprint density at radius 3 is 2.92 bits per heavy atom. The van der Waals surface area contributed by atoms with Crippen LogP contribution in [0.3, 0.4) is 0 Å². The number of amides is 1. The van der Waals surface area contributed by atoms with E-state index in [0.717, 1.165) is 10.7 Å². The molecule has 0 saturated heterocycles. The fourth-order valence-electron chi connectivity index (χ4n) is 2.03. The summed E-state index contributed by atoms with van der Waals surface area (Å²) in [6, 6.07) is 10.7. The number of halogens is 1. The van der Waals surface area contributed by atoms with E-state index in [9.17, 15) is 4.79 Å². The van der Waals surface area contributed by atoms with Crippen molar-refractivity contribution in [3.8, 4) is 17.2 Å². The summed E-state index contributed by atoms with van der Waals surface area (Å²) in [7, 11) is 0. The van der Waals surface area contributed by atoms with Crippen LogP contribution in [-0.4, -0.2) is 17.5 Å². The summed E-state index contributed by atoms with van der Waals surface area (Å²) < 4.78 is 11.1. The van der Waals surface area contributed by atoms with Gasteiger partial charge < -0.3 is 14.5 Å². The Labute approximate surface area is 148 Å². The van der Waals surface area contributed by atoms with Crippen molar-refractivity contribution in [2.24, 2.45) is 0 Å². The first-order valence-corrected chi connectivity index (χ1v) is 8.53. The lowest BCUT2D eigenvalue weighted by molar-refractivity contribution is -0.123. The smallest absolute Gasteiger partial charge is 0.258 e. The van der Waals surface area contributed by atoms with E-state index in [0.29, 0.717) is 22.3 Å². The summed E-state index contributed by atoms with van der Waals surface area (Å²) in [6.07, 6.45) is 0. The number of thiazole rings is 1. The first-order chi connectivity index (χ1) is 11.6. The van der Waals surface area contributed by atoms with Crippen molar-refractivity contribution >= 4 is 28.8 Å². The number of hydrogen-bond acceptors (Lipinski definition) is 5. The molecule has 0 saturated carbocycles. The molecular formula is C17H15ClN2O3S. The van der Waals surface area contributed by atoms with Gasteiger partial charge in [-0.05, 0) is 31.2 Å². The van der Waals surface area contributed by atoms with Crippen LogP contribution in [0, 0.1) is 6.92 Å². The fourth-order valence-corrected chi connectivity index (χ4v) is 2.82. The van der Waals surface area contributed by atoms with Gasteiger partial charge in [-0.1, -0.05) is 23.7 Å². The molecule has 0 aliphatic heterocycles. The van der Waals surface area contributed by atoms with E-state index < -0.39 is 0 Å². The Balaban J connectivity index is 1.50. The molecular weight excluding hydrogens is 348 g/mol. The van der Waals surface area contributed by atoms with Crippen LogP contribution < -0.4 is 10.1 Å². The summed E-state index contributed by atoms with van der Waals surface area (Å²) >= 11 is 7.53. The minimum Gasteiger partial charge on any atom is -0.482 e. The molecule has 2 heterocycles.